The minimum Gasteiger partial charge on any atom is -0.403 e. The largest absolute Gasteiger partial charge is 0.403 e. The zero-order valence-corrected chi connectivity index (χ0v) is 16.1. The zero-order chi connectivity index (χ0) is 18.8. The Bertz CT molecular complexity index is 898. The van der Waals surface area contributed by atoms with Gasteiger partial charge in [0.25, 0.3) is 0 Å². The molecule has 2 aromatic carbocycles. The van der Waals surface area contributed by atoms with Gasteiger partial charge in [-0.2, -0.15) is 0 Å². The molecule has 28 heavy (non-hydrogen) atoms. The second kappa shape index (κ2) is 7.76. The van der Waals surface area contributed by atoms with Crippen LogP contribution in [0.5, 0.6) is 0 Å². The molecule has 3 aliphatic rings. The smallest absolute Gasteiger partial charge is 0.318 e. The van der Waals surface area contributed by atoms with Gasteiger partial charge in [-0.05, 0) is 48.9 Å². The van der Waals surface area contributed by atoms with Crippen LogP contribution in [0.25, 0.3) is 11.5 Å². The third kappa shape index (κ3) is 3.67. The molecule has 6 rings (SSSR count). The molecule has 0 amide bonds. The van der Waals surface area contributed by atoms with E-state index >= 15 is 0 Å². The average molecular weight is 374 g/mol. The molecule has 0 spiro atoms. The van der Waals surface area contributed by atoms with Gasteiger partial charge >= 0.3 is 6.01 Å². The first-order valence-corrected chi connectivity index (χ1v) is 10.3. The summed E-state index contributed by atoms with van der Waals surface area (Å²) in [6, 6.07) is 20.4. The number of anilines is 1. The summed E-state index contributed by atoms with van der Waals surface area (Å²) in [4.78, 5) is 4.85. The van der Waals surface area contributed by atoms with E-state index < -0.39 is 0 Å². The lowest BCUT2D eigenvalue weighted by atomic mass is 10.0. The Morgan fingerprint density at radius 2 is 1.50 bits per heavy atom. The molecule has 3 saturated heterocycles. The SMILES string of the molecule is c1ccc(CCc2ccc(-c3nnc(N4CCN5CCC4CC5)o3)cc2)cc1. The Hall–Kier alpha value is -2.66. The summed E-state index contributed by atoms with van der Waals surface area (Å²) in [6.07, 6.45) is 4.46. The highest BCUT2D eigenvalue weighted by Crippen LogP contribution is 2.28. The summed E-state index contributed by atoms with van der Waals surface area (Å²) >= 11 is 0. The van der Waals surface area contributed by atoms with Gasteiger partial charge in [0.05, 0.1) is 0 Å². The van der Waals surface area contributed by atoms with Crippen LogP contribution in [-0.4, -0.2) is 47.3 Å². The van der Waals surface area contributed by atoms with E-state index in [1.54, 1.807) is 0 Å². The highest BCUT2D eigenvalue weighted by atomic mass is 16.4. The van der Waals surface area contributed by atoms with Crippen molar-refractivity contribution < 1.29 is 4.42 Å². The van der Waals surface area contributed by atoms with Crippen molar-refractivity contribution in [2.75, 3.05) is 31.1 Å². The maximum absolute atomic E-state index is 6.07. The summed E-state index contributed by atoms with van der Waals surface area (Å²) in [5.41, 5.74) is 3.69. The van der Waals surface area contributed by atoms with Crippen LogP contribution in [0.2, 0.25) is 0 Å². The first kappa shape index (κ1) is 17.4. The predicted molar refractivity (Wildman–Crippen MR) is 110 cm³/mol. The van der Waals surface area contributed by atoms with Crippen LogP contribution in [0.1, 0.15) is 24.0 Å². The molecular weight excluding hydrogens is 348 g/mol. The third-order valence-electron chi connectivity index (χ3n) is 6.06. The van der Waals surface area contributed by atoms with Gasteiger partial charge in [-0.15, -0.1) is 5.10 Å². The van der Waals surface area contributed by atoms with Crippen LogP contribution >= 0.6 is 0 Å². The van der Waals surface area contributed by atoms with Gasteiger partial charge in [0, 0.05) is 37.8 Å². The molecule has 0 N–H and O–H groups in total. The molecule has 5 nitrogen and oxygen atoms in total. The van der Waals surface area contributed by atoms with Gasteiger partial charge in [-0.25, -0.2) is 0 Å². The van der Waals surface area contributed by atoms with E-state index in [1.807, 2.05) is 0 Å². The molecule has 0 aliphatic carbocycles. The lowest BCUT2D eigenvalue weighted by molar-refractivity contribution is 0.249. The molecule has 3 aliphatic heterocycles. The number of fused-ring (bicyclic) bond motifs is 4. The summed E-state index contributed by atoms with van der Waals surface area (Å²) in [7, 11) is 0. The predicted octanol–water partition coefficient (Wildman–Crippen LogP) is 3.81. The Morgan fingerprint density at radius 3 is 2.25 bits per heavy atom. The number of nitrogens with zero attached hydrogens (tertiary/aromatic N) is 4. The zero-order valence-electron chi connectivity index (χ0n) is 16.1. The molecule has 5 heteroatoms. The molecule has 3 fully saturated rings. The number of rotatable bonds is 5. The van der Waals surface area contributed by atoms with Crippen molar-refractivity contribution in [3.05, 3.63) is 65.7 Å². The van der Waals surface area contributed by atoms with Crippen molar-refractivity contribution in [2.45, 2.75) is 31.7 Å². The van der Waals surface area contributed by atoms with Crippen LogP contribution in [0.15, 0.2) is 59.0 Å². The minimum atomic E-state index is 0.535. The summed E-state index contributed by atoms with van der Waals surface area (Å²) in [5, 5.41) is 8.69. The monoisotopic (exact) mass is 374 g/mol. The topological polar surface area (TPSA) is 45.4 Å². The normalized spacial score (nSPS) is 21.6. The number of benzene rings is 2. The van der Waals surface area contributed by atoms with Crippen molar-refractivity contribution in [3.8, 4) is 11.5 Å². The molecule has 0 saturated carbocycles. The molecule has 0 radical (unpaired) electrons. The van der Waals surface area contributed by atoms with Gasteiger partial charge in [0.2, 0.25) is 5.89 Å². The number of aromatic nitrogens is 2. The van der Waals surface area contributed by atoms with Crippen molar-refractivity contribution >= 4 is 6.01 Å². The first-order chi connectivity index (χ1) is 13.8. The van der Waals surface area contributed by atoms with E-state index in [0.717, 1.165) is 31.5 Å². The van der Waals surface area contributed by atoms with Crippen molar-refractivity contribution in [2.24, 2.45) is 0 Å². The Balaban J connectivity index is 1.26. The summed E-state index contributed by atoms with van der Waals surface area (Å²) < 4.78 is 6.07. The quantitative estimate of drug-likeness (QED) is 0.680. The van der Waals surface area contributed by atoms with Gasteiger partial charge in [0.15, 0.2) is 0 Å². The maximum Gasteiger partial charge on any atom is 0.318 e. The van der Waals surface area contributed by atoms with E-state index in [0.29, 0.717) is 17.9 Å². The van der Waals surface area contributed by atoms with Gasteiger partial charge < -0.3 is 14.2 Å². The number of aryl methyl sites for hydroxylation is 2. The molecule has 4 heterocycles. The van der Waals surface area contributed by atoms with Crippen molar-refractivity contribution in [3.63, 3.8) is 0 Å². The van der Waals surface area contributed by atoms with Crippen LogP contribution in [0, 0.1) is 0 Å². The van der Waals surface area contributed by atoms with Crippen LogP contribution in [-0.2, 0) is 12.8 Å². The second-order valence-corrected chi connectivity index (χ2v) is 7.84. The minimum absolute atomic E-state index is 0.535. The van der Waals surface area contributed by atoms with Crippen LogP contribution in [0.3, 0.4) is 0 Å². The Labute approximate surface area is 166 Å². The van der Waals surface area contributed by atoms with E-state index in [2.05, 4.69) is 74.6 Å². The fourth-order valence-electron chi connectivity index (χ4n) is 4.33. The summed E-state index contributed by atoms with van der Waals surface area (Å²) in [6.45, 7) is 4.44. The molecular formula is C23H26N4O. The summed E-state index contributed by atoms with van der Waals surface area (Å²) in [5.74, 6) is 0.615. The van der Waals surface area contributed by atoms with E-state index in [-0.39, 0.29) is 0 Å². The molecule has 0 unspecified atom stereocenters. The average Bonchev–Trinajstić information content (AvgIpc) is 3.05. The van der Waals surface area contributed by atoms with Crippen molar-refractivity contribution in [1.29, 1.82) is 0 Å². The molecule has 1 aromatic heterocycles. The lowest BCUT2D eigenvalue weighted by Crippen LogP contribution is -2.38. The number of hydrogen-bond acceptors (Lipinski definition) is 5. The first-order valence-electron chi connectivity index (χ1n) is 10.3. The fraction of sp³-hybridized carbons (Fsp3) is 0.391. The van der Waals surface area contributed by atoms with Gasteiger partial charge in [0.1, 0.15) is 0 Å². The van der Waals surface area contributed by atoms with E-state index in [9.17, 15) is 0 Å². The van der Waals surface area contributed by atoms with Crippen LogP contribution in [0.4, 0.5) is 6.01 Å². The maximum atomic E-state index is 6.07. The lowest BCUT2D eigenvalue weighted by Gasteiger charge is -2.29. The standard InChI is InChI=1S/C23H26N4O/c1-2-4-18(5-3-1)6-7-19-8-10-20(11-9-19)22-24-25-23(28-22)27-17-16-26-14-12-21(27)13-15-26/h1-5,8-11,21H,6-7,12-17H2. The molecule has 144 valence electrons. The molecule has 0 atom stereocenters. The molecule has 2 bridgehead atoms. The Morgan fingerprint density at radius 1 is 0.786 bits per heavy atom. The van der Waals surface area contributed by atoms with Crippen LogP contribution < -0.4 is 4.90 Å². The Kier molecular flexibility index (Phi) is 4.83. The second-order valence-electron chi connectivity index (χ2n) is 7.84. The van der Waals surface area contributed by atoms with Gasteiger partial charge in [-0.3, -0.25) is 0 Å². The highest BCUT2D eigenvalue weighted by Gasteiger charge is 2.31. The third-order valence-corrected chi connectivity index (χ3v) is 6.06. The molecule has 3 aromatic rings. The van der Waals surface area contributed by atoms with Crippen molar-refractivity contribution in [1.82, 2.24) is 15.1 Å². The highest BCUT2D eigenvalue weighted by molar-refractivity contribution is 5.54. The number of piperidine rings is 1. The van der Waals surface area contributed by atoms with E-state index in [1.165, 1.54) is 37.1 Å². The van der Waals surface area contributed by atoms with Gasteiger partial charge in [-0.1, -0.05) is 47.6 Å². The van der Waals surface area contributed by atoms with E-state index in [4.69, 9.17) is 4.42 Å². The number of hydrogen-bond donors (Lipinski definition) is 0. The fourth-order valence-corrected chi connectivity index (χ4v) is 4.33.